The molecule has 22 nitrogen and oxygen atoms in total. The lowest BCUT2D eigenvalue weighted by Gasteiger charge is -2.37. The second-order valence-corrected chi connectivity index (χ2v) is 22.8. The SMILES string of the molecule is CCC(C)C1NC(=O)C(Cc2ccccc2)NC(=O)C(Cc2ccc(O)cc2)NC(=O)CC2(CCCCC2)SSCC(C(=O)N2CCCC2C(=O)NC(CCCC(=N)N)C(=O)NCCN)NC(=O)C(CC(N)=O)NC1=O. The van der Waals surface area contributed by atoms with Crippen molar-refractivity contribution in [2.24, 2.45) is 23.1 Å². The Bertz CT molecular complexity index is 2360. The van der Waals surface area contributed by atoms with Gasteiger partial charge in [0.1, 0.15) is 48.0 Å². The Morgan fingerprint density at radius 1 is 0.829 bits per heavy atom. The monoisotopic (exact) mass is 1090 g/mol. The van der Waals surface area contributed by atoms with Crippen molar-refractivity contribution in [2.45, 2.75) is 157 Å². The third-order valence-corrected chi connectivity index (χ3v) is 17.3. The molecule has 1 spiro atoms. The van der Waals surface area contributed by atoms with E-state index < -0.39 is 113 Å². The molecule has 2 aliphatic heterocycles. The van der Waals surface area contributed by atoms with Crippen LogP contribution in [0.1, 0.15) is 108 Å². The van der Waals surface area contributed by atoms with Gasteiger partial charge in [0.15, 0.2) is 0 Å². The summed E-state index contributed by atoms with van der Waals surface area (Å²) in [5.41, 5.74) is 18.1. The smallest absolute Gasteiger partial charge is 0.246 e. The highest BCUT2D eigenvalue weighted by molar-refractivity contribution is 8.77. The average molecular weight is 1090 g/mol. The third-order valence-electron chi connectivity index (χ3n) is 14.0. The zero-order chi connectivity index (χ0) is 55.4. The van der Waals surface area contributed by atoms with Crippen LogP contribution in [0.15, 0.2) is 54.6 Å². The van der Waals surface area contributed by atoms with Crippen LogP contribution < -0.4 is 54.4 Å². The first-order valence-electron chi connectivity index (χ1n) is 26.1. The van der Waals surface area contributed by atoms with E-state index in [1.807, 2.05) is 0 Å². The molecular weight excluding hydrogens is 1020 g/mol. The fourth-order valence-electron chi connectivity index (χ4n) is 9.59. The summed E-state index contributed by atoms with van der Waals surface area (Å²) in [6.07, 6.45) is 4.55. The summed E-state index contributed by atoms with van der Waals surface area (Å²) >= 11 is 0. The van der Waals surface area contributed by atoms with Crippen molar-refractivity contribution in [3.8, 4) is 5.75 Å². The summed E-state index contributed by atoms with van der Waals surface area (Å²) in [4.78, 5) is 129. The Morgan fingerprint density at radius 2 is 1.46 bits per heavy atom. The predicted molar refractivity (Wildman–Crippen MR) is 290 cm³/mol. The molecule has 76 heavy (non-hydrogen) atoms. The summed E-state index contributed by atoms with van der Waals surface area (Å²) < 4.78 is -0.702. The maximum Gasteiger partial charge on any atom is 0.246 e. The van der Waals surface area contributed by atoms with Crippen molar-refractivity contribution in [1.29, 1.82) is 5.41 Å². The van der Waals surface area contributed by atoms with Gasteiger partial charge in [-0.3, -0.25) is 48.6 Å². The van der Waals surface area contributed by atoms with Crippen molar-refractivity contribution >= 4 is 80.6 Å². The number of hydrogen-bond acceptors (Lipinski definition) is 14. The highest BCUT2D eigenvalue weighted by atomic mass is 33.1. The summed E-state index contributed by atoms with van der Waals surface area (Å²) in [6.45, 7) is 3.90. The molecule has 2 saturated heterocycles. The number of amidine groups is 1. The number of amides is 9. The van der Waals surface area contributed by atoms with Gasteiger partial charge in [-0.05, 0) is 67.7 Å². The van der Waals surface area contributed by atoms with E-state index in [2.05, 4.69) is 37.2 Å². The Morgan fingerprint density at radius 3 is 2.11 bits per heavy atom. The molecule has 5 rings (SSSR count). The number of nitrogens with one attached hydrogen (secondary N) is 8. The summed E-state index contributed by atoms with van der Waals surface area (Å²) in [6, 6.07) is 6.16. The van der Waals surface area contributed by atoms with Crippen molar-refractivity contribution in [1.82, 2.24) is 42.1 Å². The van der Waals surface area contributed by atoms with Gasteiger partial charge in [0, 0.05) is 55.8 Å². The van der Waals surface area contributed by atoms with Crippen LogP contribution in [0.25, 0.3) is 0 Å². The number of nitrogens with two attached hydrogens (primary N) is 3. The molecular formula is C52H76N12O10S2. The quantitative estimate of drug-likeness (QED) is 0.0555. The van der Waals surface area contributed by atoms with Crippen LogP contribution in [0.3, 0.4) is 0 Å². The second kappa shape index (κ2) is 29.8. The van der Waals surface area contributed by atoms with Crippen LogP contribution in [0.5, 0.6) is 5.75 Å². The van der Waals surface area contributed by atoms with E-state index in [9.17, 15) is 48.3 Å². The van der Waals surface area contributed by atoms with Gasteiger partial charge in [-0.15, -0.1) is 0 Å². The molecule has 24 heteroatoms. The molecule has 1 saturated carbocycles. The first-order chi connectivity index (χ1) is 36.3. The van der Waals surface area contributed by atoms with Gasteiger partial charge in [0.05, 0.1) is 12.3 Å². The maximum absolute atomic E-state index is 14.9. The molecule has 8 atom stereocenters. The van der Waals surface area contributed by atoms with Gasteiger partial charge < -0.3 is 64.4 Å². The summed E-state index contributed by atoms with van der Waals surface area (Å²) in [7, 11) is 2.61. The van der Waals surface area contributed by atoms with Gasteiger partial charge in [-0.25, -0.2) is 0 Å². The minimum absolute atomic E-state index is 0.00357. The van der Waals surface area contributed by atoms with Crippen LogP contribution in [-0.2, 0) is 56.0 Å². The molecule has 15 N–H and O–H groups in total. The van der Waals surface area contributed by atoms with Gasteiger partial charge in [-0.1, -0.05) is 104 Å². The molecule has 416 valence electrons. The number of aromatic hydroxyl groups is 1. The van der Waals surface area contributed by atoms with Gasteiger partial charge in [0.2, 0.25) is 53.2 Å². The zero-order valence-corrected chi connectivity index (χ0v) is 45.0. The minimum atomic E-state index is -1.64. The lowest BCUT2D eigenvalue weighted by atomic mass is 9.85. The first kappa shape index (κ1) is 60.5. The minimum Gasteiger partial charge on any atom is -0.508 e. The van der Waals surface area contributed by atoms with E-state index in [1.54, 1.807) is 56.3 Å². The first-order valence-corrected chi connectivity index (χ1v) is 28.5. The van der Waals surface area contributed by atoms with Gasteiger partial charge in [-0.2, -0.15) is 0 Å². The lowest BCUT2D eigenvalue weighted by Crippen LogP contribution is -2.62. The van der Waals surface area contributed by atoms with E-state index in [0.29, 0.717) is 43.2 Å². The van der Waals surface area contributed by atoms with Crippen LogP contribution in [0, 0.1) is 11.3 Å². The lowest BCUT2D eigenvalue weighted by molar-refractivity contribution is -0.142. The number of likely N-dealkylation sites (tertiary alicyclic amines) is 1. The Balaban J connectivity index is 1.53. The largest absolute Gasteiger partial charge is 0.508 e. The molecule has 0 aromatic heterocycles. The van der Waals surface area contributed by atoms with Crippen molar-refractivity contribution in [3.05, 3.63) is 65.7 Å². The fraction of sp³-hybridized carbons (Fsp3) is 0.577. The van der Waals surface area contributed by atoms with Crippen molar-refractivity contribution < 1.29 is 48.3 Å². The number of primary amides is 1. The number of carbonyl (C=O) groups excluding carboxylic acids is 9. The number of phenols is 1. The van der Waals surface area contributed by atoms with E-state index in [-0.39, 0.29) is 75.5 Å². The van der Waals surface area contributed by atoms with Crippen molar-refractivity contribution in [2.75, 3.05) is 25.4 Å². The predicted octanol–water partition coefficient (Wildman–Crippen LogP) is 0.668. The van der Waals surface area contributed by atoms with E-state index in [0.717, 1.165) is 19.3 Å². The van der Waals surface area contributed by atoms with Crippen LogP contribution >= 0.6 is 21.6 Å². The molecule has 9 amide bonds. The Hall–Kier alpha value is -6.40. The fourth-order valence-corrected chi connectivity index (χ4v) is 13.0. The molecule has 3 aliphatic rings. The average Bonchev–Trinajstić information content (AvgIpc) is 3.89. The number of carbonyl (C=O) groups is 9. The second-order valence-electron chi connectivity index (χ2n) is 19.9. The highest BCUT2D eigenvalue weighted by Crippen LogP contribution is 2.48. The number of rotatable bonds is 18. The molecule has 3 fully saturated rings. The number of nitrogens with zero attached hydrogens (tertiary/aromatic N) is 1. The standard InChI is InChI=1S/C52H76N12O10S2/c1-3-31(2)44-50(73)61-38(28-42(56)66)47(70)62-39(51(74)64-25-11-15-40(64)49(72)59-35(14-10-16-41(54)55)45(68)57-24-23-53)30-75-76-52(21-8-5-9-22-52)29-43(67)58-36(27-33-17-19-34(65)20-18-33)46(69)60-37(48(71)63-44)26-32-12-6-4-7-13-32/h4,6-7,12-13,17-20,31,35-40,44,65H,3,5,8-11,14-16,21-30,53H2,1-2H3,(H3,54,55)(H2,56,66)(H,57,68)(H,58,67)(H,59,72)(H,60,69)(H,61,73)(H,62,70)(H,63,71). The van der Waals surface area contributed by atoms with Crippen LogP contribution in [0.4, 0.5) is 0 Å². The van der Waals surface area contributed by atoms with Gasteiger partial charge in [0.25, 0.3) is 0 Å². The number of hydrogen-bond donors (Lipinski definition) is 12. The number of benzene rings is 2. The van der Waals surface area contributed by atoms with Crippen LogP contribution in [0.2, 0.25) is 0 Å². The molecule has 2 heterocycles. The number of phenolic OH excluding ortho intramolecular Hbond substituents is 1. The van der Waals surface area contributed by atoms with E-state index in [1.165, 1.54) is 38.6 Å². The Kier molecular flexibility index (Phi) is 23.7. The molecule has 8 unspecified atom stereocenters. The molecule has 0 bridgehead atoms. The molecule has 2 aromatic rings. The summed E-state index contributed by atoms with van der Waals surface area (Å²) in [5.74, 6) is -7.14. The molecule has 0 radical (unpaired) electrons. The summed E-state index contributed by atoms with van der Waals surface area (Å²) in [5, 5.41) is 37.1. The third kappa shape index (κ3) is 18.4. The van der Waals surface area contributed by atoms with E-state index >= 15 is 0 Å². The topological polar surface area (TPSA) is 363 Å². The van der Waals surface area contributed by atoms with Gasteiger partial charge >= 0.3 is 0 Å². The molecule has 2 aromatic carbocycles. The highest BCUT2D eigenvalue weighted by Gasteiger charge is 2.42. The van der Waals surface area contributed by atoms with Crippen molar-refractivity contribution in [3.63, 3.8) is 0 Å². The maximum atomic E-state index is 14.9. The normalized spacial score (nSPS) is 23.8. The Labute approximate surface area is 451 Å². The molecule has 1 aliphatic carbocycles. The van der Waals surface area contributed by atoms with E-state index in [4.69, 9.17) is 22.6 Å². The zero-order valence-electron chi connectivity index (χ0n) is 43.4. The van der Waals surface area contributed by atoms with Crippen LogP contribution in [-0.4, -0.2) is 141 Å².